The van der Waals surface area contributed by atoms with Crippen LogP contribution in [0.5, 0.6) is 5.75 Å². The zero-order valence-corrected chi connectivity index (χ0v) is 12.2. The first-order valence-corrected chi connectivity index (χ1v) is 6.42. The van der Waals surface area contributed by atoms with Gasteiger partial charge in [0, 0.05) is 11.1 Å². The van der Waals surface area contributed by atoms with E-state index in [-0.39, 0.29) is 18.1 Å². The van der Waals surface area contributed by atoms with Gasteiger partial charge in [-0.3, -0.25) is 0 Å². The number of halogens is 1. The van der Waals surface area contributed by atoms with Crippen LogP contribution >= 0.6 is 11.6 Å². The van der Waals surface area contributed by atoms with Crippen molar-refractivity contribution in [2.24, 2.45) is 11.1 Å². The van der Waals surface area contributed by atoms with Crippen LogP contribution < -0.4 is 10.5 Å². The molecule has 0 spiro atoms. The molecule has 18 heavy (non-hydrogen) atoms. The summed E-state index contributed by atoms with van der Waals surface area (Å²) in [5.41, 5.74) is 6.92. The van der Waals surface area contributed by atoms with Gasteiger partial charge in [-0.05, 0) is 36.1 Å². The van der Waals surface area contributed by atoms with E-state index in [9.17, 15) is 5.11 Å². The molecule has 2 unspecified atom stereocenters. The number of ether oxygens (including phenoxy) is 1. The van der Waals surface area contributed by atoms with Crippen molar-refractivity contribution in [2.45, 2.75) is 39.8 Å². The predicted octanol–water partition coefficient (Wildman–Crippen LogP) is 2.76. The molecular formula is C14H22ClNO2. The highest BCUT2D eigenvalue weighted by Crippen LogP contribution is 2.25. The SMILES string of the molecule is Cc1cc(OC(CO)C(N)C(C)(C)C)ccc1Cl. The van der Waals surface area contributed by atoms with Crippen molar-refractivity contribution in [3.05, 3.63) is 28.8 Å². The smallest absolute Gasteiger partial charge is 0.137 e. The fraction of sp³-hybridized carbons (Fsp3) is 0.571. The number of aryl methyl sites for hydroxylation is 1. The largest absolute Gasteiger partial charge is 0.486 e. The fourth-order valence-electron chi connectivity index (χ4n) is 1.65. The molecule has 0 aliphatic carbocycles. The molecule has 3 nitrogen and oxygen atoms in total. The number of nitrogens with two attached hydrogens (primary N) is 1. The Hall–Kier alpha value is -0.770. The predicted molar refractivity (Wildman–Crippen MR) is 75.1 cm³/mol. The van der Waals surface area contributed by atoms with E-state index in [4.69, 9.17) is 22.1 Å². The van der Waals surface area contributed by atoms with E-state index in [1.165, 1.54) is 0 Å². The van der Waals surface area contributed by atoms with E-state index in [0.717, 1.165) is 5.56 Å². The molecule has 0 aromatic heterocycles. The van der Waals surface area contributed by atoms with E-state index in [2.05, 4.69) is 0 Å². The lowest BCUT2D eigenvalue weighted by Crippen LogP contribution is -2.49. The highest BCUT2D eigenvalue weighted by molar-refractivity contribution is 6.31. The third-order valence-electron chi connectivity index (χ3n) is 3.00. The standard InChI is InChI=1S/C14H22ClNO2/c1-9-7-10(5-6-11(9)15)18-12(8-17)13(16)14(2,3)4/h5-7,12-13,17H,8,16H2,1-4H3. The summed E-state index contributed by atoms with van der Waals surface area (Å²) in [7, 11) is 0. The van der Waals surface area contributed by atoms with Crippen molar-refractivity contribution in [2.75, 3.05) is 6.61 Å². The third kappa shape index (κ3) is 3.87. The first kappa shape index (κ1) is 15.3. The van der Waals surface area contributed by atoms with Crippen molar-refractivity contribution in [3.8, 4) is 5.75 Å². The second kappa shape index (κ2) is 5.91. The van der Waals surface area contributed by atoms with Crippen molar-refractivity contribution in [1.29, 1.82) is 0 Å². The van der Waals surface area contributed by atoms with Gasteiger partial charge in [0.2, 0.25) is 0 Å². The van der Waals surface area contributed by atoms with Crippen LogP contribution in [0.25, 0.3) is 0 Å². The Morgan fingerprint density at radius 2 is 2.00 bits per heavy atom. The van der Waals surface area contributed by atoms with Gasteiger partial charge in [-0.15, -0.1) is 0 Å². The second-order valence-electron chi connectivity index (χ2n) is 5.64. The summed E-state index contributed by atoms with van der Waals surface area (Å²) in [4.78, 5) is 0. The highest BCUT2D eigenvalue weighted by Gasteiger charge is 2.30. The highest BCUT2D eigenvalue weighted by atomic mass is 35.5. The molecular weight excluding hydrogens is 250 g/mol. The summed E-state index contributed by atoms with van der Waals surface area (Å²) in [6.07, 6.45) is -0.425. The number of hydrogen-bond donors (Lipinski definition) is 2. The summed E-state index contributed by atoms with van der Waals surface area (Å²) >= 11 is 5.96. The van der Waals surface area contributed by atoms with E-state index in [1.54, 1.807) is 12.1 Å². The summed E-state index contributed by atoms with van der Waals surface area (Å²) in [5.74, 6) is 0.677. The summed E-state index contributed by atoms with van der Waals surface area (Å²) < 4.78 is 5.75. The average Bonchev–Trinajstić information content (AvgIpc) is 2.28. The Bertz CT molecular complexity index is 401. The van der Waals surface area contributed by atoms with Crippen LogP contribution in [0.2, 0.25) is 5.02 Å². The van der Waals surface area contributed by atoms with Crippen molar-refractivity contribution < 1.29 is 9.84 Å². The second-order valence-corrected chi connectivity index (χ2v) is 6.05. The number of rotatable bonds is 4. The molecule has 0 saturated heterocycles. The number of hydrogen-bond acceptors (Lipinski definition) is 3. The molecule has 4 heteroatoms. The van der Waals surface area contributed by atoms with Gasteiger partial charge in [-0.25, -0.2) is 0 Å². The number of benzene rings is 1. The molecule has 0 bridgehead atoms. The van der Waals surface area contributed by atoms with Gasteiger partial charge in [0.25, 0.3) is 0 Å². The Labute approximate surface area is 114 Å². The van der Waals surface area contributed by atoms with Gasteiger partial charge in [-0.2, -0.15) is 0 Å². The van der Waals surface area contributed by atoms with Crippen molar-refractivity contribution in [1.82, 2.24) is 0 Å². The monoisotopic (exact) mass is 271 g/mol. The van der Waals surface area contributed by atoms with Gasteiger partial charge in [0.1, 0.15) is 11.9 Å². The van der Waals surface area contributed by atoms with Crippen LogP contribution in [-0.4, -0.2) is 23.9 Å². The molecule has 1 aromatic carbocycles. The molecule has 0 aliphatic rings. The Kier molecular flexibility index (Phi) is 5.02. The Balaban J connectivity index is 2.83. The lowest BCUT2D eigenvalue weighted by atomic mass is 9.84. The Morgan fingerprint density at radius 3 is 2.44 bits per heavy atom. The minimum Gasteiger partial charge on any atom is -0.486 e. The molecule has 0 heterocycles. The third-order valence-corrected chi connectivity index (χ3v) is 3.42. The maximum absolute atomic E-state index is 9.41. The van der Waals surface area contributed by atoms with Gasteiger partial charge >= 0.3 is 0 Å². The maximum atomic E-state index is 9.41. The number of aliphatic hydroxyl groups excluding tert-OH is 1. The molecule has 1 aromatic rings. The topological polar surface area (TPSA) is 55.5 Å². The van der Waals surface area contributed by atoms with E-state index < -0.39 is 6.10 Å². The fourth-order valence-corrected chi connectivity index (χ4v) is 1.76. The van der Waals surface area contributed by atoms with E-state index in [1.807, 2.05) is 33.8 Å². The lowest BCUT2D eigenvalue weighted by Gasteiger charge is -2.33. The average molecular weight is 272 g/mol. The minimum absolute atomic E-state index is 0.111. The van der Waals surface area contributed by atoms with Crippen molar-refractivity contribution >= 4 is 11.6 Å². The summed E-state index contributed by atoms with van der Waals surface area (Å²) in [5, 5.41) is 10.1. The first-order chi connectivity index (χ1) is 8.25. The van der Waals surface area contributed by atoms with Gasteiger partial charge in [0.15, 0.2) is 0 Å². The lowest BCUT2D eigenvalue weighted by molar-refractivity contribution is 0.0591. The molecule has 0 saturated carbocycles. The zero-order chi connectivity index (χ0) is 13.9. The molecule has 1 rings (SSSR count). The molecule has 0 aliphatic heterocycles. The molecule has 0 amide bonds. The summed E-state index contributed by atoms with van der Waals surface area (Å²) in [6, 6.07) is 5.16. The summed E-state index contributed by atoms with van der Waals surface area (Å²) in [6.45, 7) is 7.87. The maximum Gasteiger partial charge on any atom is 0.137 e. The van der Waals surface area contributed by atoms with Gasteiger partial charge in [-0.1, -0.05) is 32.4 Å². The van der Waals surface area contributed by atoms with Crippen LogP contribution in [0.15, 0.2) is 18.2 Å². The van der Waals surface area contributed by atoms with Gasteiger partial charge in [0.05, 0.1) is 6.61 Å². The zero-order valence-electron chi connectivity index (χ0n) is 11.4. The van der Waals surface area contributed by atoms with Crippen LogP contribution in [0, 0.1) is 12.3 Å². The first-order valence-electron chi connectivity index (χ1n) is 6.05. The van der Waals surface area contributed by atoms with Crippen LogP contribution in [-0.2, 0) is 0 Å². The molecule has 0 radical (unpaired) electrons. The molecule has 3 N–H and O–H groups in total. The molecule has 2 atom stereocenters. The van der Waals surface area contributed by atoms with Crippen LogP contribution in [0.1, 0.15) is 26.3 Å². The van der Waals surface area contributed by atoms with Crippen LogP contribution in [0.4, 0.5) is 0 Å². The number of aliphatic hydroxyl groups is 1. The molecule has 102 valence electrons. The minimum atomic E-state index is -0.425. The van der Waals surface area contributed by atoms with Gasteiger partial charge < -0.3 is 15.6 Å². The van der Waals surface area contributed by atoms with E-state index in [0.29, 0.717) is 10.8 Å². The van der Waals surface area contributed by atoms with Crippen LogP contribution in [0.3, 0.4) is 0 Å². The Morgan fingerprint density at radius 1 is 1.39 bits per heavy atom. The van der Waals surface area contributed by atoms with E-state index >= 15 is 0 Å². The quantitative estimate of drug-likeness (QED) is 0.885. The normalized spacial score (nSPS) is 15.3. The molecule has 0 fully saturated rings. The van der Waals surface area contributed by atoms with Crippen molar-refractivity contribution in [3.63, 3.8) is 0 Å².